The molecule has 0 bridgehead atoms. The number of nitrogens with one attached hydrogen (secondary N) is 1. The summed E-state index contributed by atoms with van der Waals surface area (Å²) in [6.45, 7) is 2.38. The highest BCUT2D eigenvalue weighted by atomic mass is 35.5. The molecule has 2 amide bonds. The van der Waals surface area contributed by atoms with Crippen LogP contribution < -0.4 is 5.32 Å². The van der Waals surface area contributed by atoms with Crippen LogP contribution in [0.2, 0.25) is 5.02 Å². The summed E-state index contributed by atoms with van der Waals surface area (Å²) in [4.78, 5) is 28.9. The van der Waals surface area contributed by atoms with Crippen molar-refractivity contribution in [1.82, 2.24) is 10.2 Å². The standard InChI is InChI=1S/C24H31ClN2O2S/c1-16-7-2-3-10-19(16)26-23(28)15-27-20-11-4-5-12-21(20)30-22(24(27)29)14-17-8-6-9-18(25)13-17/h6,8-9,13-14,16,19-21H,2-5,7,10-12,15H2,1H3,(H,26,28)/b22-14+. The molecule has 6 heteroatoms. The first-order chi connectivity index (χ1) is 14.5. The Morgan fingerprint density at radius 2 is 1.97 bits per heavy atom. The minimum absolute atomic E-state index is 0.0135. The van der Waals surface area contributed by atoms with E-state index in [0.717, 1.165) is 36.2 Å². The van der Waals surface area contributed by atoms with Gasteiger partial charge in [0.2, 0.25) is 5.91 Å². The molecule has 1 saturated heterocycles. The molecule has 2 saturated carbocycles. The van der Waals surface area contributed by atoms with Crippen LogP contribution in [0.1, 0.15) is 63.9 Å². The second-order valence-corrected chi connectivity index (χ2v) is 10.7. The van der Waals surface area contributed by atoms with Crippen LogP contribution in [0.25, 0.3) is 6.08 Å². The molecule has 1 aromatic rings. The molecule has 0 radical (unpaired) electrons. The smallest absolute Gasteiger partial charge is 0.261 e. The van der Waals surface area contributed by atoms with Gasteiger partial charge < -0.3 is 10.2 Å². The van der Waals surface area contributed by atoms with E-state index in [1.807, 2.05) is 35.2 Å². The van der Waals surface area contributed by atoms with Crippen LogP contribution >= 0.6 is 23.4 Å². The molecule has 2 aliphatic carbocycles. The molecular formula is C24H31ClN2O2S. The van der Waals surface area contributed by atoms with Gasteiger partial charge in [-0.15, -0.1) is 11.8 Å². The van der Waals surface area contributed by atoms with Gasteiger partial charge in [0.1, 0.15) is 6.54 Å². The lowest BCUT2D eigenvalue weighted by molar-refractivity contribution is -0.136. The number of nitrogens with zero attached hydrogens (tertiary/aromatic N) is 1. The first-order valence-electron chi connectivity index (χ1n) is 11.3. The average molecular weight is 447 g/mol. The fraction of sp³-hybridized carbons (Fsp3) is 0.583. The minimum atomic E-state index is -0.0185. The fourth-order valence-corrected chi connectivity index (χ4v) is 6.72. The van der Waals surface area contributed by atoms with E-state index in [2.05, 4.69) is 12.2 Å². The molecule has 30 heavy (non-hydrogen) atoms. The number of carbonyl (C=O) groups excluding carboxylic acids is 2. The van der Waals surface area contributed by atoms with Crippen LogP contribution in [0.3, 0.4) is 0 Å². The van der Waals surface area contributed by atoms with Gasteiger partial charge in [-0.05, 0) is 55.4 Å². The Kier molecular flexibility index (Phi) is 7.09. The van der Waals surface area contributed by atoms with Crippen molar-refractivity contribution >= 4 is 41.3 Å². The van der Waals surface area contributed by atoms with Crippen molar-refractivity contribution in [3.8, 4) is 0 Å². The number of rotatable bonds is 4. The number of fused-ring (bicyclic) bond motifs is 1. The number of thioether (sulfide) groups is 1. The van der Waals surface area contributed by atoms with Gasteiger partial charge in [0.05, 0.1) is 4.91 Å². The third-order valence-corrected chi connectivity index (χ3v) is 8.37. The van der Waals surface area contributed by atoms with Gasteiger partial charge in [-0.25, -0.2) is 0 Å². The van der Waals surface area contributed by atoms with Crippen molar-refractivity contribution in [3.05, 3.63) is 39.8 Å². The minimum Gasteiger partial charge on any atom is -0.352 e. The number of hydrogen-bond donors (Lipinski definition) is 1. The van der Waals surface area contributed by atoms with Crippen molar-refractivity contribution in [3.63, 3.8) is 0 Å². The maximum Gasteiger partial charge on any atom is 0.261 e. The summed E-state index contributed by atoms with van der Waals surface area (Å²) in [5, 5.41) is 4.25. The van der Waals surface area contributed by atoms with Crippen LogP contribution in [0.4, 0.5) is 0 Å². The Balaban J connectivity index is 1.51. The van der Waals surface area contributed by atoms with Gasteiger partial charge in [0.25, 0.3) is 5.91 Å². The molecular weight excluding hydrogens is 416 g/mol. The fourth-order valence-electron chi connectivity index (χ4n) is 5.05. The van der Waals surface area contributed by atoms with E-state index < -0.39 is 0 Å². The van der Waals surface area contributed by atoms with Crippen LogP contribution in [0.5, 0.6) is 0 Å². The number of amides is 2. The number of hydrogen-bond acceptors (Lipinski definition) is 3. The Labute approximate surface area is 188 Å². The van der Waals surface area contributed by atoms with Crippen molar-refractivity contribution in [1.29, 1.82) is 0 Å². The van der Waals surface area contributed by atoms with E-state index in [9.17, 15) is 9.59 Å². The average Bonchev–Trinajstić information content (AvgIpc) is 2.73. The Morgan fingerprint density at radius 1 is 1.20 bits per heavy atom. The summed E-state index contributed by atoms with van der Waals surface area (Å²) in [6, 6.07) is 7.95. The highest BCUT2D eigenvalue weighted by Crippen LogP contribution is 2.42. The summed E-state index contributed by atoms with van der Waals surface area (Å²) < 4.78 is 0. The maximum absolute atomic E-state index is 13.4. The summed E-state index contributed by atoms with van der Waals surface area (Å²) in [6.07, 6.45) is 10.9. The molecule has 3 fully saturated rings. The predicted molar refractivity (Wildman–Crippen MR) is 124 cm³/mol. The van der Waals surface area contributed by atoms with E-state index in [4.69, 9.17) is 11.6 Å². The molecule has 1 aliphatic heterocycles. The number of benzene rings is 1. The third kappa shape index (κ3) is 5.05. The van der Waals surface area contributed by atoms with Crippen LogP contribution in [0, 0.1) is 5.92 Å². The van der Waals surface area contributed by atoms with Gasteiger partial charge in [-0.1, -0.05) is 56.3 Å². The van der Waals surface area contributed by atoms with Crippen molar-refractivity contribution in [2.24, 2.45) is 5.92 Å². The third-order valence-electron chi connectivity index (χ3n) is 6.74. The second kappa shape index (κ2) is 9.78. The Hall–Kier alpha value is -1.46. The van der Waals surface area contributed by atoms with Crippen LogP contribution in [0.15, 0.2) is 29.2 Å². The zero-order valence-corrected chi connectivity index (χ0v) is 19.2. The first kappa shape index (κ1) is 21.8. The molecule has 0 spiro atoms. The quantitative estimate of drug-likeness (QED) is 0.641. The van der Waals surface area contributed by atoms with Crippen molar-refractivity contribution in [2.75, 3.05) is 6.54 Å². The van der Waals surface area contributed by atoms with Gasteiger partial charge in [0, 0.05) is 22.4 Å². The number of carbonyl (C=O) groups is 2. The van der Waals surface area contributed by atoms with Crippen LogP contribution in [-0.2, 0) is 9.59 Å². The SMILES string of the molecule is CC1CCCCC1NC(=O)CN1C(=O)/C(=C\c2cccc(Cl)c2)SC2CCCCC21. The van der Waals surface area contributed by atoms with E-state index in [-0.39, 0.29) is 30.4 Å². The lowest BCUT2D eigenvalue weighted by atomic mass is 9.86. The van der Waals surface area contributed by atoms with Crippen molar-refractivity contribution < 1.29 is 9.59 Å². The zero-order valence-electron chi connectivity index (χ0n) is 17.6. The van der Waals surface area contributed by atoms with E-state index in [1.165, 1.54) is 25.7 Å². The topological polar surface area (TPSA) is 49.4 Å². The highest BCUT2D eigenvalue weighted by molar-refractivity contribution is 8.04. The lowest BCUT2D eigenvalue weighted by Gasteiger charge is -2.44. The number of halogens is 1. The zero-order chi connectivity index (χ0) is 21.1. The van der Waals surface area contributed by atoms with Crippen LogP contribution in [-0.4, -0.2) is 40.6 Å². The van der Waals surface area contributed by atoms with Crippen molar-refractivity contribution in [2.45, 2.75) is 75.6 Å². The highest BCUT2D eigenvalue weighted by Gasteiger charge is 2.41. The predicted octanol–water partition coefficient (Wildman–Crippen LogP) is 5.26. The van der Waals surface area contributed by atoms with E-state index >= 15 is 0 Å². The van der Waals surface area contributed by atoms with Gasteiger partial charge in [0.15, 0.2) is 0 Å². The monoisotopic (exact) mass is 446 g/mol. The second-order valence-electron chi connectivity index (χ2n) is 8.94. The normalized spacial score (nSPS) is 30.8. The maximum atomic E-state index is 13.4. The molecule has 4 rings (SSSR count). The van der Waals surface area contributed by atoms with E-state index in [0.29, 0.717) is 16.2 Å². The lowest BCUT2D eigenvalue weighted by Crippen LogP contribution is -2.55. The summed E-state index contributed by atoms with van der Waals surface area (Å²) >= 11 is 7.81. The molecule has 4 atom stereocenters. The Morgan fingerprint density at radius 3 is 2.77 bits per heavy atom. The summed E-state index contributed by atoms with van der Waals surface area (Å²) in [5.41, 5.74) is 0.924. The van der Waals surface area contributed by atoms with Gasteiger partial charge in [-0.2, -0.15) is 0 Å². The molecule has 4 unspecified atom stereocenters. The largest absolute Gasteiger partial charge is 0.352 e. The molecule has 1 aromatic carbocycles. The molecule has 3 aliphatic rings. The molecule has 1 heterocycles. The first-order valence-corrected chi connectivity index (χ1v) is 12.5. The molecule has 1 N–H and O–H groups in total. The summed E-state index contributed by atoms with van der Waals surface area (Å²) in [5.74, 6) is 0.478. The molecule has 4 nitrogen and oxygen atoms in total. The van der Waals surface area contributed by atoms with Gasteiger partial charge >= 0.3 is 0 Å². The Bertz CT molecular complexity index is 827. The van der Waals surface area contributed by atoms with Gasteiger partial charge in [-0.3, -0.25) is 9.59 Å². The van der Waals surface area contributed by atoms with E-state index in [1.54, 1.807) is 11.8 Å². The molecule has 162 valence electrons. The summed E-state index contributed by atoms with van der Waals surface area (Å²) in [7, 11) is 0. The molecule has 0 aromatic heterocycles.